The normalized spacial score (nSPS) is 11.5. The van der Waals surface area contributed by atoms with Gasteiger partial charge in [0, 0.05) is 25.8 Å². The average molecular weight is 434 g/mol. The standard InChI is InChI=1S/C21H21F3N4O3/c1-31-13-20(30)25-10-9-18-27-16-7-2-3-8-17(16)28(18)12-19(29)26-15-6-4-5-14(11-15)21(22,23)24/h2-8,11H,9-10,12-13H2,1H3,(H,25,30)(H,26,29). The van der Waals surface area contributed by atoms with Gasteiger partial charge in [-0.05, 0) is 30.3 Å². The van der Waals surface area contributed by atoms with Crippen LogP contribution in [0, 0.1) is 0 Å². The van der Waals surface area contributed by atoms with Gasteiger partial charge < -0.3 is 19.9 Å². The molecular weight excluding hydrogens is 413 g/mol. The van der Waals surface area contributed by atoms with Crippen molar-refractivity contribution in [3.63, 3.8) is 0 Å². The molecule has 0 saturated heterocycles. The maximum Gasteiger partial charge on any atom is 0.416 e. The van der Waals surface area contributed by atoms with Gasteiger partial charge in [0.1, 0.15) is 19.0 Å². The number of hydrogen-bond acceptors (Lipinski definition) is 4. The predicted molar refractivity (Wildman–Crippen MR) is 108 cm³/mol. The molecule has 0 saturated carbocycles. The number of anilines is 1. The fourth-order valence-corrected chi connectivity index (χ4v) is 3.11. The molecule has 0 fully saturated rings. The topological polar surface area (TPSA) is 85.2 Å². The van der Waals surface area contributed by atoms with E-state index < -0.39 is 17.6 Å². The van der Waals surface area contributed by atoms with Gasteiger partial charge >= 0.3 is 6.18 Å². The molecule has 0 bridgehead atoms. The van der Waals surface area contributed by atoms with E-state index in [1.807, 2.05) is 6.07 Å². The van der Waals surface area contributed by atoms with E-state index >= 15 is 0 Å². The predicted octanol–water partition coefficient (Wildman–Crippen LogP) is 3.00. The van der Waals surface area contributed by atoms with Crippen LogP contribution in [0.2, 0.25) is 0 Å². The molecule has 2 amide bonds. The number of imidazole rings is 1. The second-order valence-corrected chi connectivity index (χ2v) is 6.76. The highest BCUT2D eigenvalue weighted by Crippen LogP contribution is 2.30. The average Bonchev–Trinajstić information content (AvgIpc) is 3.05. The lowest BCUT2D eigenvalue weighted by Crippen LogP contribution is -2.30. The minimum Gasteiger partial charge on any atom is -0.375 e. The third-order valence-corrected chi connectivity index (χ3v) is 4.46. The number of methoxy groups -OCH3 is 1. The molecule has 1 heterocycles. The van der Waals surface area contributed by atoms with Crippen molar-refractivity contribution in [2.45, 2.75) is 19.1 Å². The molecule has 0 atom stereocenters. The molecule has 0 unspecified atom stereocenters. The van der Waals surface area contributed by atoms with Gasteiger partial charge in [0.05, 0.1) is 16.6 Å². The summed E-state index contributed by atoms with van der Waals surface area (Å²) in [6.07, 6.45) is -4.14. The van der Waals surface area contributed by atoms with Crippen LogP contribution in [-0.2, 0) is 33.5 Å². The van der Waals surface area contributed by atoms with Gasteiger partial charge in [-0.2, -0.15) is 13.2 Å². The summed E-state index contributed by atoms with van der Waals surface area (Å²) in [4.78, 5) is 28.7. The number of hydrogen-bond donors (Lipinski definition) is 2. The highest BCUT2D eigenvalue weighted by Gasteiger charge is 2.30. The van der Waals surface area contributed by atoms with Crippen LogP contribution in [0.25, 0.3) is 11.0 Å². The van der Waals surface area contributed by atoms with Crippen LogP contribution in [0.5, 0.6) is 0 Å². The number of halogens is 3. The zero-order valence-electron chi connectivity index (χ0n) is 16.7. The molecule has 7 nitrogen and oxygen atoms in total. The van der Waals surface area contributed by atoms with Crippen LogP contribution in [0.15, 0.2) is 48.5 Å². The lowest BCUT2D eigenvalue weighted by Gasteiger charge is -2.12. The van der Waals surface area contributed by atoms with Crippen LogP contribution in [-0.4, -0.2) is 41.6 Å². The van der Waals surface area contributed by atoms with Crippen molar-refractivity contribution >= 4 is 28.5 Å². The number of aromatic nitrogens is 2. The van der Waals surface area contributed by atoms with E-state index in [9.17, 15) is 22.8 Å². The number of ether oxygens (including phenoxy) is 1. The molecule has 10 heteroatoms. The van der Waals surface area contributed by atoms with E-state index in [1.165, 1.54) is 19.2 Å². The maximum atomic E-state index is 12.9. The Morgan fingerprint density at radius 2 is 1.87 bits per heavy atom. The summed E-state index contributed by atoms with van der Waals surface area (Å²) in [5, 5.41) is 5.19. The molecule has 1 aromatic heterocycles. The number of fused-ring (bicyclic) bond motifs is 1. The Kier molecular flexibility index (Phi) is 6.91. The highest BCUT2D eigenvalue weighted by atomic mass is 19.4. The molecule has 3 aromatic rings. The van der Waals surface area contributed by atoms with E-state index in [1.54, 1.807) is 22.8 Å². The Labute approximate surface area is 176 Å². The largest absolute Gasteiger partial charge is 0.416 e. The third kappa shape index (κ3) is 5.82. The number of alkyl halides is 3. The fraction of sp³-hybridized carbons (Fsp3) is 0.286. The van der Waals surface area contributed by atoms with Gasteiger partial charge in [-0.15, -0.1) is 0 Å². The molecule has 0 aliphatic carbocycles. The minimum atomic E-state index is -4.50. The number of rotatable bonds is 8. The summed E-state index contributed by atoms with van der Waals surface area (Å²) in [6, 6.07) is 11.7. The number of para-hydroxylation sites is 2. The van der Waals surface area contributed by atoms with Crippen molar-refractivity contribution in [3.05, 3.63) is 59.9 Å². The summed E-state index contributed by atoms with van der Waals surface area (Å²) in [5.74, 6) is -0.197. The van der Waals surface area contributed by atoms with Gasteiger partial charge in [-0.1, -0.05) is 18.2 Å². The molecular formula is C21H21F3N4O3. The van der Waals surface area contributed by atoms with Crippen molar-refractivity contribution in [3.8, 4) is 0 Å². The van der Waals surface area contributed by atoms with Crippen molar-refractivity contribution < 1.29 is 27.5 Å². The monoisotopic (exact) mass is 434 g/mol. The first-order chi connectivity index (χ1) is 14.8. The van der Waals surface area contributed by atoms with E-state index in [2.05, 4.69) is 15.6 Å². The Balaban J connectivity index is 1.75. The van der Waals surface area contributed by atoms with Crippen LogP contribution >= 0.6 is 0 Å². The van der Waals surface area contributed by atoms with E-state index in [-0.39, 0.29) is 24.7 Å². The first kappa shape index (κ1) is 22.3. The molecule has 0 aliphatic heterocycles. The lowest BCUT2D eigenvalue weighted by molar-refractivity contribution is -0.137. The van der Waals surface area contributed by atoms with E-state index in [4.69, 9.17) is 4.74 Å². The van der Waals surface area contributed by atoms with Gasteiger partial charge in [0.2, 0.25) is 11.8 Å². The molecule has 2 N–H and O–H groups in total. The Hall–Kier alpha value is -3.40. The van der Waals surface area contributed by atoms with Crippen LogP contribution in [0.4, 0.5) is 18.9 Å². The minimum absolute atomic E-state index is 0.0534. The summed E-state index contributed by atoms with van der Waals surface area (Å²) in [7, 11) is 1.42. The lowest BCUT2D eigenvalue weighted by atomic mass is 10.2. The summed E-state index contributed by atoms with van der Waals surface area (Å²) >= 11 is 0. The summed E-state index contributed by atoms with van der Waals surface area (Å²) < 4.78 is 45.1. The first-order valence-corrected chi connectivity index (χ1v) is 9.45. The van der Waals surface area contributed by atoms with Crippen molar-refractivity contribution in [1.82, 2.24) is 14.9 Å². The Bertz CT molecular complexity index is 1080. The molecule has 0 radical (unpaired) electrons. The number of nitrogens with zero attached hydrogens (tertiary/aromatic N) is 2. The number of carbonyl (C=O) groups is 2. The number of benzene rings is 2. The quantitative estimate of drug-likeness (QED) is 0.571. The van der Waals surface area contributed by atoms with Gasteiger partial charge in [-0.25, -0.2) is 4.98 Å². The number of carbonyl (C=O) groups excluding carboxylic acids is 2. The fourth-order valence-electron chi connectivity index (χ4n) is 3.11. The molecule has 31 heavy (non-hydrogen) atoms. The Morgan fingerprint density at radius 3 is 2.61 bits per heavy atom. The molecule has 0 aliphatic rings. The third-order valence-electron chi connectivity index (χ3n) is 4.46. The van der Waals surface area contributed by atoms with E-state index in [0.29, 0.717) is 29.8 Å². The van der Waals surface area contributed by atoms with Crippen molar-refractivity contribution in [1.29, 1.82) is 0 Å². The van der Waals surface area contributed by atoms with Crippen LogP contribution in [0.1, 0.15) is 11.4 Å². The zero-order chi connectivity index (χ0) is 22.4. The van der Waals surface area contributed by atoms with Gasteiger partial charge in [0.25, 0.3) is 0 Å². The Morgan fingerprint density at radius 1 is 1.10 bits per heavy atom. The smallest absolute Gasteiger partial charge is 0.375 e. The van der Waals surface area contributed by atoms with Crippen molar-refractivity contribution in [2.24, 2.45) is 0 Å². The first-order valence-electron chi connectivity index (χ1n) is 9.45. The second-order valence-electron chi connectivity index (χ2n) is 6.76. The number of amides is 2. The molecule has 164 valence electrons. The van der Waals surface area contributed by atoms with Gasteiger partial charge in [0.15, 0.2) is 0 Å². The maximum absolute atomic E-state index is 12.9. The SMILES string of the molecule is COCC(=O)NCCc1nc2ccccc2n1CC(=O)Nc1cccc(C(F)(F)F)c1. The van der Waals surface area contributed by atoms with Crippen LogP contribution in [0.3, 0.4) is 0 Å². The number of nitrogens with one attached hydrogen (secondary N) is 2. The van der Waals surface area contributed by atoms with Crippen LogP contribution < -0.4 is 10.6 Å². The van der Waals surface area contributed by atoms with E-state index in [0.717, 1.165) is 12.1 Å². The molecule has 0 spiro atoms. The molecule has 3 rings (SSSR count). The zero-order valence-corrected chi connectivity index (χ0v) is 16.7. The molecule has 2 aromatic carbocycles. The summed E-state index contributed by atoms with van der Waals surface area (Å²) in [6.45, 7) is 0.0919. The second kappa shape index (κ2) is 9.61. The summed E-state index contributed by atoms with van der Waals surface area (Å²) in [5.41, 5.74) is 0.594. The highest BCUT2D eigenvalue weighted by molar-refractivity contribution is 5.91. The van der Waals surface area contributed by atoms with Crippen molar-refractivity contribution in [2.75, 3.05) is 25.6 Å². The van der Waals surface area contributed by atoms with Gasteiger partial charge in [-0.3, -0.25) is 9.59 Å².